The number of methoxy groups -OCH3 is 2. The van der Waals surface area contributed by atoms with E-state index in [1.54, 1.807) is 49.6 Å². The number of nitrogens with zero attached hydrogens (tertiary/aromatic N) is 4. The van der Waals surface area contributed by atoms with Crippen LogP contribution in [0.4, 0.5) is 0 Å². The van der Waals surface area contributed by atoms with E-state index in [0.717, 1.165) is 5.56 Å². The topological polar surface area (TPSA) is 154 Å². The molecule has 1 fully saturated rings. The van der Waals surface area contributed by atoms with Crippen LogP contribution >= 0.6 is 22.6 Å². The predicted octanol–water partition coefficient (Wildman–Crippen LogP) is 2.23. The van der Waals surface area contributed by atoms with Crippen LogP contribution in [0.5, 0.6) is 11.5 Å². The summed E-state index contributed by atoms with van der Waals surface area (Å²) >= 11 is 1.96. The molecule has 0 radical (unpaired) electrons. The molecule has 0 saturated carbocycles. The molecule has 0 bridgehead atoms. The smallest absolute Gasteiger partial charge is 0.242 e. The molecule has 0 atom stereocenters. The Kier molecular flexibility index (Phi) is 8.60. The summed E-state index contributed by atoms with van der Waals surface area (Å²) in [5.74, 6) is 1.33. The molecule has 0 aliphatic carbocycles. The fourth-order valence-corrected chi connectivity index (χ4v) is 8.71. The molecule has 0 spiro atoms. The molecule has 0 unspecified atom stereocenters. The second kappa shape index (κ2) is 12.0. The first-order valence-electron chi connectivity index (χ1n) is 12.4. The van der Waals surface area contributed by atoms with Gasteiger partial charge in [-0.3, -0.25) is 0 Å². The minimum absolute atomic E-state index is 0.00322. The van der Waals surface area contributed by atoms with Crippen LogP contribution in [0.15, 0.2) is 70.5 Å². The number of hydrogen-bond donors (Lipinski definition) is 2. The second-order valence-corrected chi connectivity index (χ2v) is 14.3. The van der Waals surface area contributed by atoms with Gasteiger partial charge in [-0.2, -0.15) is 4.80 Å². The zero-order valence-corrected chi connectivity index (χ0v) is 25.9. The van der Waals surface area contributed by atoms with E-state index in [9.17, 15) is 16.8 Å². The Hall–Kier alpha value is -3.12. The first-order chi connectivity index (χ1) is 19.6. The number of sulfone groups is 1. The van der Waals surface area contributed by atoms with Crippen molar-refractivity contribution in [2.45, 2.75) is 28.1 Å². The normalized spacial score (nSPS) is 14.0. The molecule has 216 valence electrons. The lowest BCUT2D eigenvalue weighted by atomic mass is 10.2. The van der Waals surface area contributed by atoms with Gasteiger partial charge in [-0.15, -0.1) is 10.2 Å². The molecular weight excluding hydrogens is 683 g/mol. The fraction of sp³-hybridized carbons (Fsp3) is 0.269. The Bertz CT molecular complexity index is 1760. The Balaban J connectivity index is 1.56. The quantitative estimate of drug-likeness (QED) is 0.222. The number of ether oxygens (including phenoxy) is 2. The number of sulfonamides is 1. The number of tetrazole rings is 1. The summed E-state index contributed by atoms with van der Waals surface area (Å²) < 4.78 is 68.4. The number of nitrogens with one attached hydrogen (secondary N) is 2. The maximum atomic E-state index is 13.9. The van der Waals surface area contributed by atoms with E-state index in [1.807, 2.05) is 34.7 Å². The third-order valence-electron chi connectivity index (χ3n) is 6.61. The Morgan fingerprint density at radius 2 is 1.54 bits per heavy atom. The third-order valence-corrected chi connectivity index (χ3v) is 11.3. The zero-order valence-electron chi connectivity index (χ0n) is 22.1. The molecule has 3 aromatic carbocycles. The number of halogens is 1. The van der Waals surface area contributed by atoms with E-state index >= 15 is 0 Å². The van der Waals surface area contributed by atoms with Gasteiger partial charge in [-0.05, 0) is 75.3 Å². The molecule has 15 heteroatoms. The van der Waals surface area contributed by atoms with Gasteiger partial charge in [0.25, 0.3) is 0 Å². The van der Waals surface area contributed by atoms with Crippen LogP contribution in [-0.2, 0) is 33.0 Å². The molecule has 1 aliphatic heterocycles. The summed E-state index contributed by atoms with van der Waals surface area (Å²) in [6, 6.07) is 17.1. The summed E-state index contributed by atoms with van der Waals surface area (Å²) in [6.45, 7) is 0.661. The lowest BCUT2D eigenvalue weighted by molar-refractivity contribution is 0.414. The maximum absolute atomic E-state index is 13.9. The van der Waals surface area contributed by atoms with E-state index in [2.05, 4.69) is 25.4 Å². The van der Waals surface area contributed by atoms with Crippen molar-refractivity contribution in [2.24, 2.45) is 0 Å². The molecular formula is C26H27IN6O6S2. The molecule has 2 N–H and O–H groups in total. The molecule has 41 heavy (non-hydrogen) atoms. The summed E-state index contributed by atoms with van der Waals surface area (Å²) in [4.78, 5) is 0.632. The van der Waals surface area contributed by atoms with Crippen molar-refractivity contribution in [3.63, 3.8) is 0 Å². The standard InChI is InChI=1S/C26H27IN6O6S2/c1-38-19-7-3-17(4-8-19)13-29-41(36,37)25-23(40(34,35)21-14-28-15-21)12-11-22(27)24(25)26-30-32-33(31-26)16-18-5-9-20(39-2)10-6-18/h3-12,21,28-29H,13-16H2,1-2H3. The van der Waals surface area contributed by atoms with E-state index < -0.39 is 30.0 Å². The first kappa shape index (κ1) is 29.4. The molecule has 1 aliphatic rings. The van der Waals surface area contributed by atoms with E-state index in [1.165, 1.54) is 18.0 Å². The highest BCUT2D eigenvalue weighted by Crippen LogP contribution is 2.36. The van der Waals surface area contributed by atoms with Gasteiger partial charge in [-0.25, -0.2) is 21.6 Å². The van der Waals surface area contributed by atoms with Crippen LogP contribution < -0.4 is 19.5 Å². The molecule has 2 heterocycles. The molecule has 5 rings (SSSR count). The van der Waals surface area contributed by atoms with Crippen molar-refractivity contribution < 1.29 is 26.3 Å². The lowest BCUT2D eigenvalue weighted by Crippen LogP contribution is -2.51. The summed E-state index contributed by atoms with van der Waals surface area (Å²) in [5, 5.41) is 14.9. The van der Waals surface area contributed by atoms with E-state index in [0.29, 0.717) is 20.6 Å². The number of benzene rings is 3. The lowest BCUT2D eigenvalue weighted by Gasteiger charge is -2.28. The van der Waals surface area contributed by atoms with Crippen LogP contribution in [-0.4, -0.2) is 69.6 Å². The van der Waals surface area contributed by atoms with Crippen molar-refractivity contribution in [1.29, 1.82) is 0 Å². The Morgan fingerprint density at radius 1 is 0.927 bits per heavy atom. The molecule has 1 aromatic heterocycles. The number of rotatable bonds is 11. The zero-order chi connectivity index (χ0) is 29.2. The van der Waals surface area contributed by atoms with E-state index in [4.69, 9.17) is 9.47 Å². The molecule has 12 nitrogen and oxygen atoms in total. The van der Waals surface area contributed by atoms with Crippen LogP contribution in [0.2, 0.25) is 0 Å². The summed E-state index contributed by atoms with van der Waals surface area (Å²) in [5.41, 5.74) is 1.60. The predicted molar refractivity (Wildman–Crippen MR) is 159 cm³/mol. The van der Waals surface area contributed by atoms with E-state index in [-0.39, 0.29) is 42.5 Å². The highest BCUT2D eigenvalue weighted by atomic mass is 127. The SMILES string of the molecule is COc1ccc(CNS(=O)(=O)c2c(S(=O)(=O)C3CNC3)ccc(I)c2-c2nnn(Cc3ccc(OC)cc3)n2)cc1. The molecule has 4 aromatic rings. The Labute approximate surface area is 251 Å². The molecule has 0 amide bonds. The van der Waals surface area contributed by atoms with Crippen LogP contribution in [0.3, 0.4) is 0 Å². The number of hydrogen-bond acceptors (Lipinski definition) is 10. The van der Waals surface area contributed by atoms with Gasteiger partial charge in [0.2, 0.25) is 15.8 Å². The third kappa shape index (κ3) is 6.23. The molecule has 1 saturated heterocycles. The van der Waals surface area contributed by atoms with Crippen molar-refractivity contribution in [3.05, 3.63) is 75.4 Å². The van der Waals surface area contributed by atoms with Gasteiger partial charge in [0.1, 0.15) is 16.4 Å². The Morgan fingerprint density at radius 3 is 2.10 bits per heavy atom. The van der Waals surface area contributed by atoms with Crippen LogP contribution in [0, 0.1) is 3.57 Å². The van der Waals surface area contributed by atoms with Crippen molar-refractivity contribution in [2.75, 3.05) is 27.3 Å². The van der Waals surface area contributed by atoms with Gasteiger partial charge in [0.05, 0.1) is 36.5 Å². The minimum Gasteiger partial charge on any atom is -0.497 e. The monoisotopic (exact) mass is 710 g/mol. The van der Waals surface area contributed by atoms with Crippen molar-refractivity contribution >= 4 is 42.5 Å². The van der Waals surface area contributed by atoms with Gasteiger partial charge in [0.15, 0.2) is 9.84 Å². The largest absolute Gasteiger partial charge is 0.497 e. The van der Waals surface area contributed by atoms with Crippen LogP contribution in [0.25, 0.3) is 11.4 Å². The summed E-state index contributed by atoms with van der Waals surface area (Å²) in [6.07, 6.45) is 0. The fourth-order valence-electron chi connectivity index (χ4n) is 4.20. The highest BCUT2D eigenvalue weighted by Gasteiger charge is 2.39. The minimum atomic E-state index is -4.38. The van der Waals surface area contributed by atoms with Crippen molar-refractivity contribution in [3.8, 4) is 22.9 Å². The van der Waals surface area contributed by atoms with Gasteiger partial charge >= 0.3 is 0 Å². The average molecular weight is 711 g/mol. The number of aromatic nitrogens is 4. The first-order valence-corrected chi connectivity index (χ1v) is 16.5. The average Bonchev–Trinajstić information content (AvgIpc) is 3.39. The summed E-state index contributed by atoms with van der Waals surface area (Å²) in [7, 11) is -5.26. The highest BCUT2D eigenvalue weighted by molar-refractivity contribution is 14.1. The van der Waals surface area contributed by atoms with Crippen molar-refractivity contribution in [1.82, 2.24) is 30.2 Å². The van der Waals surface area contributed by atoms with Gasteiger partial charge in [0, 0.05) is 23.2 Å². The van der Waals surface area contributed by atoms with Crippen LogP contribution in [0.1, 0.15) is 11.1 Å². The van der Waals surface area contributed by atoms with Gasteiger partial charge < -0.3 is 14.8 Å². The second-order valence-electron chi connectivity index (χ2n) is 9.24. The maximum Gasteiger partial charge on any atom is 0.242 e. The van der Waals surface area contributed by atoms with Gasteiger partial charge in [-0.1, -0.05) is 24.3 Å².